The van der Waals surface area contributed by atoms with Crippen LogP contribution in [0.5, 0.6) is 11.5 Å². The largest absolute Gasteiger partial charge is 0.497 e. The molecule has 0 saturated heterocycles. The SMILES string of the molecule is COc1ccc(OC)c(-c2nc3ccc(CN)cc3[nH]2)c1. The molecule has 0 aliphatic rings. The first-order valence-corrected chi connectivity index (χ1v) is 6.66. The zero-order valence-electron chi connectivity index (χ0n) is 12.0. The number of H-pyrrole nitrogens is 1. The van der Waals surface area contributed by atoms with Crippen LogP contribution < -0.4 is 15.2 Å². The Kier molecular flexibility index (Phi) is 3.50. The van der Waals surface area contributed by atoms with Crippen molar-refractivity contribution >= 4 is 11.0 Å². The van der Waals surface area contributed by atoms with Crippen LogP contribution in [0, 0.1) is 0 Å². The van der Waals surface area contributed by atoms with E-state index in [-0.39, 0.29) is 0 Å². The Hall–Kier alpha value is -2.53. The van der Waals surface area contributed by atoms with E-state index in [0.29, 0.717) is 6.54 Å². The molecule has 2 aromatic carbocycles. The predicted octanol–water partition coefficient (Wildman–Crippen LogP) is 2.71. The third-order valence-corrected chi connectivity index (χ3v) is 3.44. The lowest BCUT2D eigenvalue weighted by atomic mass is 10.2. The van der Waals surface area contributed by atoms with Gasteiger partial charge in [0.15, 0.2) is 0 Å². The highest BCUT2D eigenvalue weighted by atomic mass is 16.5. The quantitative estimate of drug-likeness (QED) is 0.772. The number of hydrogen-bond donors (Lipinski definition) is 2. The minimum Gasteiger partial charge on any atom is -0.497 e. The van der Waals surface area contributed by atoms with Gasteiger partial charge >= 0.3 is 0 Å². The van der Waals surface area contributed by atoms with E-state index < -0.39 is 0 Å². The summed E-state index contributed by atoms with van der Waals surface area (Å²) in [6.45, 7) is 0.507. The molecule has 5 nitrogen and oxygen atoms in total. The number of rotatable bonds is 4. The molecule has 3 rings (SSSR count). The number of ether oxygens (including phenoxy) is 2. The van der Waals surface area contributed by atoms with Crippen molar-refractivity contribution in [2.75, 3.05) is 14.2 Å². The smallest absolute Gasteiger partial charge is 0.142 e. The molecule has 3 N–H and O–H groups in total. The number of methoxy groups -OCH3 is 2. The molecule has 0 radical (unpaired) electrons. The summed E-state index contributed by atoms with van der Waals surface area (Å²) in [6.07, 6.45) is 0. The van der Waals surface area contributed by atoms with Crippen molar-refractivity contribution in [2.24, 2.45) is 5.73 Å². The zero-order valence-corrected chi connectivity index (χ0v) is 12.0. The molecule has 108 valence electrons. The van der Waals surface area contributed by atoms with Gasteiger partial charge in [-0.3, -0.25) is 0 Å². The number of aromatic nitrogens is 2. The van der Waals surface area contributed by atoms with Crippen LogP contribution in [-0.4, -0.2) is 24.2 Å². The number of fused-ring (bicyclic) bond motifs is 1. The van der Waals surface area contributed by atoms with Gasteiger partial charge in [0, 0.05) is 6.54 Å². The number of imidazole rings is 1. The Labute approximate surface area is 122 Å². The van der Waals surface area contributed by atoms with Gasteiger partial charge in [0.1, 0.15) is 17.3 Å². The maximum atomic E-state index is 5.67. The second-order valence-corrected chi connectivity index (χ2v) is 4.71. The first-order chi connectivity index (χ1) is 10.2. The second-order valence-electron chi connectivity index (χ2n) is 4.71. The molecule has 0 aliphatic carbocycles. The number of aromatic amines is 1. The van der Waals surface area contributed by atoms with Crippen LogP contribution in [-0.2, 0) is 6.54 Å². The van der Waals surface area contributed by atoms with Gasteiger partial charge in [0.25, 0.3) is 0 Å². The highest BCUT2D eigenvalue weighted by Gasteiger charge is 2.12. The van der Waals surface area contributed by atoms with Gasteiger partial charge < -0.3 is 20.2 Å². The minimum absolute atomic E-state index is 0.507. The molecule has 5 heteroatoms. The number of nitrogens with zero attached hydrogens (tertiary/aromatic N) is 1. The Morgan fingerprint density at radius 2 is 1.95 bits per heavy atom. The summed E-state index contributed by atoms with van der Waals surface area (Å²) in [6, 6.07) is 11.6. The Bertz CT molecular complexity index is 780. The molecule has 0 bridgehead atoms. The van der Waals surface area contributed by atoms with E-state index in [1.165, 1.54) is 0 Å². The molecule has 0 amide bonds. The third-order valence-electron chi connectivity index (χ3n) is 3.44. The number of hydrogen-bond acceptors (Lipinski definition) is 4. The van der Waals surface area contributed by atoms with E-state index in [9.17, 15) is 0 Å². The molecular weight excluding hydrogens is 266 g/mol. The number of nitrogens with two attached hydrogens (primary N) is 1. The average Bonchev–Trinajstić information content (AvgIpc) is 2.96. The van der Waals surface area contributed by atoms with E-state index in [1.54, 1.807) is 14.2 Å². The van der Waals surface area contributed by atoms with Crippen LogP contribution in [0.4, 0.5) is 0 Å². The third kappa shape index (κ3) is 2.43. The van der Waals surface area contributed by atoms with Gasteiger partial charge in [-0.1, -0.05) is 6.07 Å². The zero-order chi connectivity index (χ0) is 14.8. The van der Waals surface area contributed by atoms with Crippen molar-refractivity contribution in [3.63, 3.8) is 0 Å². The fourth-order valence-corrected chi connectivity index (χ4v) is 2.31. The van der Waals surface area contributed by atoms with E-state index >= 15 is 0 Å². The van der Waals surface area contributed by atoms with Gasteiger partial charge in [-0.05, 0) is 35.9 Å². The monoisotopic (exact) mass is 283 g/mol. The van der Waals surface area contributed by atoms with E-state index in [4.69, 9.17) is 15.2 Å². The van der Waals surface area contributed by atoms with Crippen LogP contribution in [0.2, 0.25) is 0 Å². The van der Waals surface area contributed by atoms with Gasteiger partial charge in [0.2, 0.25) is 0 Å². The fraction of sp³-hybridized carbons (Fsp3) is 0.188. The molecule has 0 spiro atoms. The predicted molar refractivity (Wildman–Crippen MR) is 82.5 cm³/mol. The minimum atomic E-state index is 0.507. The van der Waals surface area contributed by atoms with Crippen molar-refractivity contribution in [3.05, 3.63) is 42.0 Å². The Balaban J connectivity index is 2.15. The van der Waals surface area contributed by atoms with Crippen LogP contribution in [0.25, 0.3) is 22.4 Å². The fourth-order valence-electron chi connectivity index (χ4n) is 2.31. The Morgan fingerprint density at radius 3 is 2.67 bits per heavy atom. The van der Waals surface area contributed by atoms with Crippen molar-refractivity contribution in [1.82, 2.24) is 9.97 Å². The van der Waals surface area contributed by atoms with Gasteiger partial charge in [-0.25, -0.2) is 4.98 Å². The van der Waals surface area contributed by atoms with Crippen molar-refractivity contribution < 1.29 is 9.47 Å². The Morgan fingerprint density at radius 1 is 1.10 bits per heavy atom. The van der Waals surface area contributed by atoms with E-state index in [2.05, 4.69) is 9.97 Å². The van der Waals surface area contributed by atoms with Crippen LogP contribution in [0.3, 0.4) is 0 Å². The van der Waals surface area contributed by atoms with Crippen molar-refractivity contribution in [2.45, 2.75) is 6.54 Å². The molecular formula is C16H17N3O2. The van der Waals surface area contributed by atoms with Crippen LogP contribution >= 0.6 is 0 Å². The van der Waals surface area contributed by atoms with Gasteiger partial charge in [0.05, 0.1) is 30.8 Å². The molecule has 0 unspecified atom stereocenters. The maximum Gasteiger partial charge on any atom is 0.142 e. The summed E-state index contributed by atoms with van der Waals surface area (Å²) in [5.41, 5.74) is 9.45. The highest BCUT2D eigenvalue weighted by molar-refractivity contribution is 5.81. The number of nitrogens with one attached hydrogen (secondary N) is 1. The average molecular weight is 283 g/mol. The molecule has 1 aromatic heterocycles. The molecule has 0 atom stereocenters. The summed E-state index contributed by atoms with van der Waals surface area (Å²) in [5.74, 6) is 2.25. The van der Waals surface area contributed by atoms with E-state index in [1.807, 2.05) is 36.4 Å². The highest BCUT2D eigenvalue weighted by Crippen LogP contribution is 2.32. The topological polar surface area (TPSA) is 73.2 Å². The first-order valence-electron chi connectivity index (χ1n) is 6.66. The number of benzene rings is 2. The van der Waals surface area contributed by atoms with Gasteiger partial charge in [-0.2, -0.15) is 0 Å². The van der Waals surface area contributed by atoms with Crippen molar-refractivity contribution in [1.29, 1.82) is 0 Å². The maximum absolute atomic E-state index is 5.67. The normalized spacial score (nSPS) is 10.8. The van der Waals surface area contributed by atoms with Gasteiger partial charge in [-0.15, -0.1) is 0 Å². The van der Waals surface area contributed by atoms with E-state index in [0.717, 1.165) is 39.5 Å². The first kappa shape index (κ1) is 13.5. The van der Waals surface area contributed by atoms with Crippen LogP contribution in [0.15, 0.2) is 36.4 Å². The summed E-state index contributed by atoms with van der Waals surface area (Å²) in [5, 5.41) is 0. The standard InChI is InChI=1S/C16H17N3O2/c1-20-11-4-6-15(21-2)12(8-11)16-18-13-5-3-10(9-17)7-14(13)19-16/h3-8H,9,17H2,1-2H3,(H,18,19). The molecule has 0 fully saturated rings. The van der Waals surface area contributed by atoms with Crippen LogP contribution in [0.1, 0.15) is 5.56 Å². The summed E-state index contributed by atoms with van der Waals surface area (Å²) in [7, 11) is 3.28. The molecule has 0 aliphatic heterocycles. The summed E-state index contributed by atoms with van der Waals surface area (Å²) in [4.78, 5) is 7.92. The molecule has 1 heterocycles. The lowest BCUT2D eigenvalue weighted by Gasteiger charge is -2.08. The molecule has 3 aromatic rings. The van der Waals surface area contributed by atoms with Crippen molar-refractivity contribution in [3.8, 4) is 22.9 Å². The molecule has 0 saturated carbocycles. The summed E-state index contributed by atoms with van der Waals surface area (Å²) >= 11 is 0. The lowest BCUT2D eigenvalue weighted by molar-refractivity contribution is 0.404. The summed E-state index contributed by atoms with van der Waals surface area (Å²) < 4.78 is 10.7. The second kappa shape index (κ2) is 5.46. The molecule has 21 heavy (non-hydrogen) atoms. The lowest BCUT2D eigenvalue weighted by Crippen LogP contribution is -1.95.